The second-order valence-corrected chi connectivity index (χ2v) is 3.87. The Kier molecular flexibility index (Phi) is 4.32. The minimum Gasteiger partial charge on any atom is -0.377 e. The van der Waals surface area contributed by atoms with Crippen LogP contribution in [0.4, 0.5) is 0 Å². The molecule has 1 aliphatic heterocycles. The summed E-state index contributed by atoms with van der Waals surface area (Å²) in [4.78, 5) is 11.1. The molecule has 0 radical (unpaired) electrons. The van der Waals surface area contributed by atoms with Crippen LogP contribution in [0.1, 0.15) is 13.3 Å². The Labute approximate surface area is 83.9 Å². The van der Waals surface area contributed by atoms with E-state index in [1.54, 1.807) is 6.92 Å². The predicted octanol–water partition coefficient (Wildman–Crippen LogP) is 0.768. The summed E-state index contributed by atoms with van der Waals surface area (Å²) in [6.07, 6.45) is 3.06. The van der Waals surface area contributed by atoms with E-state index in [1.165, 1.54) is 0 Å². The maximum Gasteiger partial charge on any atom is 0.232 e. The maximum absolute atomic E-state index is 11.1. The summed E-state index contributed by atoms with van der Waals surface area (Å²) in [5, 5.41) is 2.54. The van der Waals surface area contributed by atoms with Crippen molar-refractivity contribution in [2.75, 3.05) is 19.8 Å². The monoisotopic (exact) mass is 201 g/mol. The second kappa shape index (κ2) is 5.29. The van der Waals surface area contributed by atoms with Gasteiger partial charge in [-0.05, 0) is 18.9 Å². The van der Waals surface area contributed by atoms with Crippen LogP contribution in [0.5, 0.6) is 0 Å². The minimum atomic E-state index is -0.245. The first-order valence-corrected chi connectivity index (χ1v) is 4.93. The quantitative estimate of drug-likeness (QED) is 0.523. The van der Waals surface area contributed by atoms with Gasteiger partial charge >= 0.3 is 0 Å². The summed E-state index contributed by atoms with van der Waals surface area (Å²) in [6, 6.07) is 0. The lowest BCUT2D eigenvalue weighted by Gasteiger charge is -2.14. The van der Waals surface area contributed by atoms with E-state index in [9.17, 15) is 4.79 Å². The molecule has 0 aromatic carbocycles. The highest BCUT2D eigenvalue weighted by molar-refractivity contribution is 7.81. The van der Waals surface area contributed by atoms with Crippen LogP contribution in [0.2, 0.25) is 0 Å². The average molecular weight is 201 g/mol. The Morgan fingerprint density at radius 3 is 3.15 bits per heavy atom. The molecule has 1 heterocycles. The van der Waals surface area contributed by atoms with Crippen LogP contribution in [0.15, 0.2) is 11.6 Å². The van der Waals surface area contributed by atoms with Gasteiger partial charge in [-0.1, -0.05) is 6.08 Å². The maximum atomic E-state index is 11.1. The third-order valence-corrected chi connectivity index (χ3v) is 2.09. The molecular formula is C9H15NO2S. The van der Waals surface area contributed by atoms with Crippen molar-refractivity contribution >= 4 is 18.5 Å². The van der Waals surface area contributed by atoms with Gasteiger partial charge < -0.3 is 10.1 Å². The molecule has 0 fully saturated rings. The summed E-state index contributed by atoms with van der Waals surface area (Å²) >= 11 is 4.03. The fourth-order valence-electron chi connectivity index (χ4n) is 1.08. The van der Waals surface area contributed by atoms with E-state index in [-0.39, 0.29) is 11.2 Å². The normalized spacial score (nSPS) is 19.1. The zero-order valence-corrected chi connectivity index (χ0v) is 8.64. The van der Waals surface area contributed by atoms with Gasteiger partial charge in [-0.2, -0.15) is 12.6 Å². The van der Waals surface area contributed by atoms with Gasteiger partial charge in [0.25, 0.3) is 0 Å². The number of carbonyl (C=O) groups is 1. The summed E-state index contributed by atoms with van der Waals surface area (Å²) in [5.41, 5.74) is 1.15. The Morgan fingerprint density at radius 1 is 1.85 bits per heavy atom. The van der Waals surface area contributed by atoms with Gasteiger partial charge in [-0.15, -0.1) is 0 Å². The van der Waals surface area contributed by atoms with Crippen molar-refractivity contribution in [1.29, 1.82) is 0 Å². The van der Waals surface area contributed by atoms with Crippen molar-refractivity contribution < 1.29 is 9.53 Å². The number of rotatable bonds is 3. The average Bonchev–Trinajstić information content (AvgIpc) is 2.15. The number of hydrogen-bond donors (Lipinski definition) is 2. The van der Waals surface area contributed by atoms with Crippen LogP contribution in [-0.4, -0.2) is 30.9 Å². The number of hydrogen-bond acceptors (Lipinski definition) is 3. The third-order valence-electron chi connectivity index (χ3n) is 1.85. The van der Waals surface area contributed by atoms with E-state index in [2.05, 4.69) is 24.0 Å². The molecule has 1 aliphatic rings. The molecule has 1 atom stereocenters. The molecule has 0 saturated heterocycles. The molecule has 0 spiro atoms. The number of amides is 1. The molecule has 0 aromatic heterocycles. The van der Waals surface area contributed by atoms with E-state index < -0.39 is 0 Å². The van der Waals surface area contributed by atoms with Crippen molar-refractivity contribution in [1.82, 2.24) is 5.32 Å². The van der Waals surface area contributed by atoms with Gasteiger partial charge in [0, 0.05) is 6.54 Å². The van der Waals surface area contributed by atoms with E-state index in [1.807, 2.05) is 0 Å². The number of nitrogens with one attached hydrogen (secondary N) is 1. The Balaban J connectivity index is 2.25. The van der Waals surface area contributed by atoms with Crippen LogP contribution in [0.3, 0.4) is 0 Å². The van der Waals surface area contributed by atoms with Crippen LogP contribution >= 0.6 is 12.6 Å². The summed E-state index contributed by atoms with van der Waals surface area (Å²) in [6.45, 7) is 3.77. The van der Waals surface area contributed by atoms with E-state index in [0.717, 1.165) is 18.6 Å². The SMILES string of the molecule is CC(S)C(=O)NCC1=CCCOC1. The van der Waals surface area contributed by atoms with Crippen molar-refractivity contribution in [3.8, 4) is 0 Å². The van der Waals surface area contributed by atoms with E-state index in [0.29, 0.717) is 13.2 Å². The summed E-state index contributed by atoms with van der Waals surface area (Å²) in [5.74, 6) is -0.0326. The fourth-order valence-corrected chi connectivity index (χ4v) is 1.17. The molecule has 74 valence electrons. The van der Waals surface area contributed by atoms with Crippen LogP contribution in [0.25, 0.3) is 0 Å². The zero-order chi connectivity index (χ0) is 9.68. The van der Waals surface area contributed by atoms with Gasteiger partial charge in [0.2, 0.25) is 5.91 Å². The van der Waals surface area contributed by atoms with Crippen molar-refractivity contribution in [2.45, 2.75) is 18.6 Å². The first-order chi connectivity index (χ1) is 6.20. The van der Waals surface area contributed by atoms with Crippen LogP contribution in [0, 0.1) is 0 Å². The molecule has 0 saturated carbocycles. The van der Waals surface area contributed by atoms with E-state index >= 15 is 0 Å². The fraction of sp³-hybridized carbons (Fsp3) is 0.667. The van der Waals surface area contributed by atoms with Gasteiger partial charge in [-0.25, -0.2) is 0 Å². The standard InChI is InChI=1S/C9H15NO2S/c1-7(13)9(11)10-5-8-3-2-4-12-6-8/h3,7,13H,2,4-6H2,1H3,(H,10,11). The molecule has 1 unspecified atom stereocenters. The summed E-state index contributed by atoms with van der Waals surface area (Å²) < 4.78 is 5.24. The van der Waals surface area contributed by atoms with Crippen molar-refractivity contribution in [3.63, 3.8) is 0 Å². The molecule has 0 aromatic rings. The van der Waals surface area contributed by atoms with Crippen molar-refractivity contribution in [3.05, 3.63) is 11.6 Å². The third kappa shape index (κ3) is 3.83. The first kappa shape index (κ1) is 10.6. The van der Waals surface area contributed by atoms with Gasteiger partial charge in [0.15, 0.2) is 0 Å². The molecular weight excluding hydrogens is 186 g/mol. The molecule has 3 nitrogen and oxygen atoms in total. The number of ether oxygens (including phenoxy) is 1. The minimum absolute atomic E-state index is 0.0326. The van der Waals surface area contributed by atoms with Crippen LogP contribution < -0.4 is 5.32 Å². The smallest absolute Gasteiger partial charge is 0.232 e. The zero-order valence-electron chi connectivity index (χ0n) is 7.75. The van der Waals surface area contributed by atoms with Crippen LogP contribution in [-0.2, 0) is 9.53 Å². The lowest BCUT2D eigenvalue weighted by molar-refractivity contribution is -0.120. The van der Waals surface area contributed by atoms with E-state index in [4.69, 9.17) is 4.74 Å². The highest BCUT2D eigenvalue weighted by Crippen LogP contribution is 2.04. The van der Waals surface area contributed by atoms with Gasteiger partial charge in [-0.3, -0.25) is 4.79 Å². The summed E-state index contributed by atoms with van der Waals surface area (Å²) in [7, 11) is 0. The lowest BCUT2D eigenvalue weighted by Crippen LogP contribution is -2.32. The topological polar surface area (TPSA) is 38.3 Å². The first-order valence-electron chi connectivity index (χ1n) is 4.41. The molecule has 0 bridgehead atoms. The lowest BCUT2D eigenvalue weighted by atomic mass is 10.2. The molecule has 4 heteroatoms. The Hall–Kier alpha value is -0.480. The largest absolute Gasteiger partial charge is 0.377 e. The highest BCUT2D eigenvalue weighted by Gasteiger charge is 2.09. The number of thiol groups is 1. The molecule has 1 rings (SSSR count). The Bertz CT molecular complexity index is 214. The Morgan fingerprint density at radius 2 is 2.62 bits per heavy atom. The second-order valence-electron chi connectivity index (χ2n) is 3.10. The van der Waals surface area contributed by atoms with Gasteiger partial charge in [0.1, 0.15) is 0 Å². The highest BCUT2D eigenvalue weighted by atomic mass is 32.1. The number of carbonyl (C=O) groups excluding carboxylic acids is 1. The predicted molar refractivity (Wildman–Crippen MR) is 55.0 cm³/mol. The van der Waals surface area contributed by atoms with Gasteiger partial charge in [0.05, 0.1) is 18.5 Å². The molecule has 0 aliphatic carbocycles. The molecule has 13 heavy (non-hydrogen) atoms. The molecule has 1 N–H and O–H groups in total. The molecule has 1 amide bonds. The van der Waals surface area contributed by atoms with Crippen molar-refractivity contribution in [2.24, 2.45) is 0 Å².